The Bertz CT molecular complexity index is 1890. The van der Waals surface area contributed by atoms with Crippen LogP contribution in [0.3, 0.4) is 0 Å². The quantitative estimate of drug-likeness (QED) is 0.190. The Morgan fingerprint density at radius 2 is 1.48 bits per heavy atom. The summed E-state index contributed by atoms with van der Waals surface area (Å²) in [6.07, 6.45) is 11.9. The van der Waals surface area contributed by atoms with E-state index in [4.69, 9.17) is 16.3 Å². The highest BCUT2D eigenvalue weighted by Crippen LogP contribution is 2.76. The van der Waals surface area contributed by atoms with Gasteiger partial charge in [-0.05, 0) is 154 Å². The van der Waals surface area contributed by atoms with Crippen molar-refractivity contribution in [2.75, 3.05) is 0 Å². The van der Waals surface area contributed by atoms with Crippen molar-refractivity contribution in [3.63, 3.8) is 0 Å². The largest absolute Gasteiger partial charge is 0.481 e. The van der Waals surface area contributed by atoms with E-state index in [-0.39, 0.29) is 57.3 Å². The second kappa shape index (κ2) is 13.6. The number of ketones is 1. The molecule has 7 nitrogen and oxygen atoms in total. The summed E-state index contributed by atoms with van der Waals surface area (Å²) in [7, 11) is 0. The second-order valence-corrected chi connectivity index (χ2v) is 21.9. The SMILES string of the molecule is C/C(=C\[C@@]12CC[C@H]3[C@]4(C)CC[C@H]5C(C)(C)[C@@H](OC(=O)CC(C)(C)C(=O)O)CC[C@]5(C)[C@H]4CC[C@]3(C)C1=C(C(C)C)C(=O)C2)C(=O)NC1(c2ccc(Cl)cc2)CC1. The fourth-order valence-electron chi connectivity index (χ4n) is 14.1. The molecule has 0 spiro atoms. The van der Waals surface area contributed by atoms with E-state index < -0.39 is 22.8 Å². The zero-order chi connectivity index (χ0) is 41.0. The van der Waals surface area contributed by atoms with Gasteiger partial charge in [0, 0.05) is 27.8 Å². The number of ether oxygens (including phenoxy) is 1. The Morgan fingerprint density at radius 1 is 0.893 bits per heavy atom. The van der Waals surface area contributed by atoms with Gasteiger partial charge in [0.2, 0.25) is 5.91 Å². The van der Waals surface area contributed by atoms with Gasteiger partial charge in [-0.2, -0.15) is 0 Å². The maximum absolute atomic E-state index is 14.2. The molecule has 5 saturated carbocycles. The Kier molecular flexibility index (Phi) is 9.99. The first-order chi connectivity index (χ1) is 26.0. The second-order valence-electron chi connectivity index (χ2n) is 21.5. The first-order valence-corrected chi connectivity index (χ1v) is 21.8. The number of benzene rings is 1. The molecular weight excluding hydrogens is 722 g/mol. The van der Waals surface area contributed by atoms with Crippen molar-refractivity contribution >= 4 is 35.2 Å². The third-order valence-corrected chi connectivity index (χ3v) is 17.2. The number of aliphatic carboxylic acids is 1. The van der Waals surface area contributed by atoms with E-state index in [1.807, 2.05) is 31.2 Å². The molecule has 1 aromatic carbocycles. The molecule has 1 amide bonds. The predicted molar refractivity (Wildman–Crippen MR) is 220 cm³/mol. The number of allylic oxidation sites excluding steroid dienone is 3. The Hall–Kier alpha value is -2.93. The van der Waals surface area contributed by atoms with Crippen LogP contribution in [0.15, 0.2) is 47.1 Å². The fourth-order valence-corrected chi connectivity index (χ4v) is 14.3. The standard InChI is InChI=1S/C48H66ClNO6/c1-28(2)38-32(51)26-47(25-29(3)40(53)50-48(23-24-48)30-11-13-31(49)14-12-30)22-17-35-45(9)19-15-33-43(6,7)36(56-37(52)27-42(4,5)41(54)55)18-21-44(33,8)34(45)16-20-46(35,10)39(38)47/h11-14,25,28,33-36H,15-24,26-27H2,1-10H3,(H,50,53)(H,54,55)/b29-25+/t33-,34+,35-,36-,44-,45+,46-,47+/m0/s1. The van der Waals surface area contributed by atoms with Gasteiger partial charge in [0.05, 0.1) is 17.4 Å². The molecule has 8 atom stereocenters. The lowest BCUT2D eigenvalue weighted by Gasteiger charge is -2.71. The van der Waals surface area contributed by atoms with Crippen LogP contribution in [-0.2, 0) is 29.5 Å². The molecule has 56 heavy (non-hydrogen) atoms. The summed E-state index contributed by atoms with van der Waals surface area (Å²) in [4.78, 5) is 53.2. The molecule has 0 aromatic heterocycles. The van der Waals surface area contributed by atoms with Crippen molar-refractivity contribution in [2.45, 2.75) is 158 Å². The van der Waals surface area contributed by atoms with Crippen LogP contribution < -0.4 is 5.32 Å². The van der Waals surface area contributed by atoms with Crippen LogP contribution in [0.2, 0.25) is 5.02 Å². The number of hydrogen-bond donors (Lipinski definition) is 2. The molecule has 1 aromatic rings. The van der Waals surface area contributed by atoms with E-state index in [1.54, 1.807) is 13.8 Å². The molecule has 6 aliphatic rings. The van der Waals surface area contributed by atoms with Crippen molar-refractivity contribution in [3.8, 4) is 0 Å². The third kappa shape index (κ3) is 6.34. The van der Waals surface area contributed by atoms with Gasteiger partial charge in [-0.25, -0.2) is 0 Å². The van der Waals surface area contributed by atoms with Crippen LogP contribution in [0.1, 0.15) is 152 Å². The van der Waals surface area contributed by atoms with Crippen LogP contribution in [-0.4, -0.2) is 34.8 Å². The van der Waals surface area contributed by atoms with E-state index in [9.17, 15) is 24.3 Å². The van der Waals surface area contributed by atoms with Gasteiger partial charge in [-0.3, -0.25) is 19.2 Å². The van der Waals surface area contributed by atoms with Crippen LogP contribution in [0.5, 0.6) is 0 Å². The number of carbonyl (C=O) groups excluding carboxylic acids is 3. The summed E-state index contributed by atoms with van der Waals surface area (Å²) in [6.45, 7) is 21.5. The van der Waals surface area contributed by atoms with Crippen molar-refractivity contribution < 1.29 is 29.0 Å². The van der Waals surface area contributed by atoms with Crippen LogP contribution >= 0.6 is 11.6 Å². The fraction of sp³-hybridized carbons (Fsp3) is 0.708. The molecule has 0 aliphatic heterocycles. The van der Waals surface area contributed by atoms with Crippen molar-refractivity contribution in [2.24, 2.45) is 56.2 Å². The number of carboxylic acid groups (broad SMARTS) is 1. The molecule has 6 aliphatic carbocycles. The molecule has 5 fully saturated rings. The number of fused-ring (bicyclic) bond motifs is 7. The van der Waals surface area contributed by atoms with E-state index in [1.165, 1.54) is 5.57 Å². The smallest absolute Gasteiger partial charge is 0.309 e. The van der Waals surface area contributed by atoms with Gasteiger partial charge in [0.15, 0.2) is 5.78 Å². The minimum atomic E-state index is -1.17. The number of Topliss-reactive ketones (excluding diaryl/α,β-unsaturated/α-hetero) is 1. The highest BCUT2D eigenvalue weighted by atomic mass is 35.5. The number of carbonyl (C=O) groups is 4. The number of esters is 1. The number of amides is 1. The minimum Gasteiger partial charge on any atom is -0.481 e. The van der Waals surface area contributed by atoms with Crippen LogP contribution in [0.25, 0.3) is 0 Å². The summed E-state index contributed by atoms with van der Waals surface area (Å²) in [5, 5.41) is 13.7. The van der Waals surface area contributed by atoms with Gasteiger partial charge >= 0.3 is 11.9 Å². The normalized spacial score (nSPS) is 37.2. The van der Waals surface area contributed by atoms with E-state index in [2.05, 4.69) is 59.9 Å². The number of halogens is 1. The van der Waals surface area contributed by atoms with Gasteiger partial charge in [0.1, 0.15) is 6.10 Å². The van der Waals surface area contributed by atoms with E-state index in [0.29, 0.717) is 34.8 Å². The predicted octanol–water partition coefficient (Wildman–Crippen LogP) is 10.8. The maximum Gasteiger partial charge on any atom is 0.309 e. The van der Waals surface area contributed by atoms with Crippen LogP contribution in [0, 0.1) is 56.2 Å². The Balaban J connectivity index is 1.16. The molecule has 8 heteroatoms. The summed E-state index contributed by atoms with van der Waals surface area (Å²) in [6, 6.07) is 7.80. The lowest BCUT2D eigenvalue weighted by atomic mass is 9.34. The Labute approximate surface area is 340 Å². The van der Waals surface area contributed by atoms with Crippen LogP contribution in [0.4, 0.5) is 0 Å². The molecule has 0 radical (unpaired) electrons. The van der Waals surface area contributed by atoms with Gasteiger partial charge < -0.3 is 15.2 Å². The lowest BCUT2D eigenvalue weighted by molar-refractivity contribution is -0.221. The first kappa shape index (κ1) is 41.2. The summed E-state index contributed by atoms with van der Waals surface area (Å²) in [5.74, 6) is 0.160. The lowest BCUT2D eigenvalue weighted by Crippen LogP contribution is -2.64. The van der Waals surface area contributed by atoms with E-state index in [0.717, 1.165) is 75.3 Å². The highest BCUT2D eigenvalue weighted by Gasteiger charge is 2.69. The van der Waals surface area contributed by atoms with Gasteiger partial charge in [0.25, 0.3) is 0 Å². The molecule has 0 saturated heterocycles. The highest BCUT2D eigenvalue weighted by molar-refractivity contribution is 6.30. The van der Waals surface area contributed by atoms with Crippen molar-refractivity contribution in [1.82, 2.24) is 5.32 Å². The monoisotopic (exact) mass is 787 g/mol. The number of nitrogens with one attached hydrogen (secondary N) is 1. The number of hydrogen-bond acceptors (Lipinski definition) is 5. The average molecular weight is 789 g/mol. The maximum atomic E-state index is 14.2. The molecule has 306 valence electrons. The van der Waals surface area contributed by atoms with Gasteiger partial charge in [-0.1, -0.05) is 78.3 Å². The minimum absolute atomic E-state index is 0.0553. The molecule has 0 bridgehead atoms. The molecule has 7 rings (SSSR count). The number of rotatable bonds is 9. The summed E-state index contributed by atoms with van der Waals surface area (Å²) >= 11 is 6.18. The molecule has 2 N–H and O–H groups in total. The molecular formula is C48H66ClNO6. The molecule has 0 heterocycles. The third-order valence-electron chi connectivity index (χ3n) is 16.9. The van der Waals surface area contributed by atoms with Crippen molar-refractivity contribution in [3.05, 3.63) is 57.6 Å². The zero-order valence-corrected chi connectivity index (χ0v) is 36.4. The first-order valence-electron chi connectivity index (χ1n) is 21.5. The average Bonchev–Trinajstić information content (AvgIpc) is 3.80. The summed E-state index contributed by atoms with van der Waals surface area (Å²) < 4.78 is 6.18. The van der Waals surface area contributed by atoms with Crippen molar-refractivity contribution in [1.29, 1.82) is 0 Å². The topological polar surface area (TPSA) is 110 Å². The van der Waals surface area contributed by atoms with E-state index >= 15 is 0 Å². The summed E-state index contributed by atoms with van der Waals surface area (Å²) in [5.41, 5.74) is 1.86. The zero-order valence-electron chi connectivity index (χ0n) is 35.6. The molecule has 0 unspecified atom stereocenters. The van der Waals surface area contributed by atoms with Gasteiger partial charge in [-0.15, -0.1) is 0 Å². The number of carboxylic acids is 1. The Morgan fingerprint density at radius 3 is 2.09 bits per heavy atom.